The molecule has 0 bridgehead atoms. The number of aromatic nitrogens is 2. The van der Waals surface area contributed by atoms with Crippen molar-refractivity contribution in [2.75, 3.05) is 17.2 Å². The Morgan fingerprint density at radius 1 is 1.04 bits per heavy atom. The Labute approximate surface area is 160 Å². The van der Waals surface area contributed by atoms with Crippen LogP contribution in [0.3, 0.4) is 0 Å². The third-order valence-corrected chi connectivity index (χ3v) is 3.93. The van der Waals surface area contributed by atoms with Crippen LogP contribution in [0.5, 0.6) is 0 Å². The number of hydrogen-bond donors (Lipinski definition) is 3. The molecule has 0 saturated carbocycles. The molecule has 7 nitrogen and oxygen atoms in total. The van der Waals surface area contributed by atoms with Crippen LogP contribution in [0.4, 0.5) is 16.2 Å². The van der Waals surface area contributed by atoms with Crippen molar-refractivity contribution in [3.63, 3.8) is 0 Å². The number of ether oxygens (including phenoxy) is 1. The van der Waals surface area contributed by atoms with Gasteiger partial charge in [0, 0.05) is 22.0 Å². The second kappa shape index (κ2) is 8.37. The van der Waals surface area contributed by atoms with E-state index >= 15 is 0 Å². The van der Waals surface area contributed by atoms with E-state index in [1.54, 1.807) is 43.3 Å². The molecule has 0 spiro atoms. The highest BCUT2D eigenvalue weighted by atomic mass is 35.5. The maximum absolute atomic E-state index is 12.6. The van der Waals surface area contributed by atoms with Crippen LogP contribution < -0.4 is 10.6 Å². The van der Waals surface area contributed by atoms with Crippen molar-refractivity contribution < 1.29 is 14.3 Å². The molecule has 0 atom stereocenters. The number of halogens is 1. The molecule has 0 aliphatic heterocycles. The SMILES string of the molecule is CCOC(=O)Nc1ccc(NC(=O)c2cn[nH]c2-c2ccc(Cl)cc2)cc1. The number of hydrogen-bond acceptors (Lipinski definition) is 4. The van der Waals surface area contributed by atoms with E-state index in [9.17, 15) is 9.59 Å². The molecular weight excluding hydrogens is 368 g/mol. The summed E-state index contributed by atoms with van der Waals surface area (Å²) in [7, 11) is 0. The maximum Gasteiger partial charge on any atom is 0.411 e. The first kappa shape index (κ1) is 18.5. The zero-order chi connectivity index (χ0) is 19.2. The van der Waals surface area contributed by atoms with Crippen LogP contribution in [0.2, 0.25) is 5.02 Å². The van der Waals surface area contributed by atoms with Gasteiger partial charge in [0.1, 0.15) is 0 Å². The fourth-order valence-corrected chi connectivity index (χ4v) is 2.54. The van der Waals surface area contributed by atoms with Crippen molar-refractivity contribution in [3.8, 4) is 11.3 Å². The molecule has 1 aromatic heterocycles. The number of carbonyl (C=O) groups is 2. The molecule has 0 fully saturated rings. The Bertz CT molecular complexity index is 936. The average Bonchev–Trinajstić information content (AvgIpc) is 3.14. The van der Waals surface area contributed by atoms with Crippen molar-refractivity contribution >= 4 is 35.0 Å². The van der Waals surface area contributed by atoms with Gasteiger partial charge in [0.2, 0.25) is 0 Å². The smallest absolute Gasteiger partial charge is 0.411 e. The van der Waals surface area contributed by atoms with E-state index in [1.807, 2.05) is 12.1 Å². The predicted octanol–water partition coefficient (Wildman–Crippen LogP) is 4.55. The highest BCUT2D eigenvalue weighted by Gasteiger charge is 2.15. The molecule has 2 aromatic carbocycles. The molecule has 3 rings (SSSR count). The highest BCUT2D eigenvalue weighted by molar-refractivity contribution is 6.30. The number of nitrogens with zero attached hydrogens (tertiary/aromatic N) is 1. The summed E-state index contributed by atoms with van der Waals surface area (Å²) in [5.74, 6) is -0.306. The van der Waals surface area contributed by atoms with Crippen LogP contribution in [0.25, 0.3) is 11.3 Å². The fourth-order valence-electron chi connectivity index (χ4n) is 2.42. The molecule has 8 heteroatoms. The second-order valence-corrected chi connectivity index (χ2v) is 5.98. The van der Waals surface area contributed by atoms with E-state index in [0.29, 0.717) is 34.3 Å². The third kappa shape index (κ3) is 4.65. The molecule has 0 unspecified atom stereocenters. The molecule has 2 amide bonds. The lowest BCUT2D eigenvalue weighted by Crippen LogP contribution is -2.14. The van der Waals surface area contributed by atoms with E-state index < -0.39 is 6.09 Å². The molecule has 0 aliphatic rings. The van der Waals surface area contributed by atoms with Gasteiger partial charge in [0.15, 0.2) is 0 Å². The Balaban J connectivity index is 1.70. The quantitative estimate of drug-likeness (QED) is 0.601. The first-order valence-corrected chi connectivity index (χ1v) is 8.59. The lowest BCUT2D eigenvalue weighted by molar-refractivity contribution is 0.102. The number of anilines is 2. The van der Waals surface area contributed by atoms with Gasteiger partial charge >= 0.3 is 6.09 Å². The van der Waals surface area contributed by atoms with Crippen LogP contribution in [0.15, 0.2) is 54.7 Å². The molecule has 0 saturated heterocycles. The topological polar surface area (TPSA) is 96.1 Å². The van der Waals surface area contributed by atoms with Gasteiger partial charge in [-0.05, 0) is 43.3 Å². The van der Waals surface area contributed by atoms with Crippen molar-refractivity contribution in [2.24, 2.45) is 0 Å². The molecule has 138 valence electrons. The average molecular weight is 385 g/mol. The normalized spacial score (nSPS) is 10.3. The fraction of sp³-hybridized carbons (Fsp3) is 0.105. The lowest BCUT2D eigenvalue weighted by Gasteiger charge is -2.08. The van der Waals surface area contributed by atoms with Gasteiger partial charge in [-0.2, -0.15) is 5.10 Å². The van der Waals surface area contributed by atoms with Crippen molar-refractivity contribution in [1.29, 1.82) is 0 Å². The molecule has 0 aliphatic carbocycles. The number of H-pyrrole nitrogens is 1. The Kier molecular flexibility index (Phi) is 5.73. The van der Waals surface area contributed by atoms with Crippen molar-refractivity contribution in [3.05, 3.63) is 65.3 Å². The molecular formula is C19H17ClN4O3. The number of rotatable bonds is 5. The van der Waals surface area contributed by atoms with Gasteiger partial charge < -0.3 is 10.1 Å². The van der Waals surface area contributed by atoms with Crippen molar-refractivity contribution in [2.45, 2.75) is 6.92 Å². The zero-order valence-electron chi connectivity index (χ0n) is 14.5. The number of benzene rings is 2. The zero-order valence-corrected chi connectivity index (χ0v) is 15.2. The molecule has 3 N–H and O–H groups in total. The minimum absolute atomic E-state index is 0.292. The monoisotopic (exact) mass is 384 g/mol. The van der Waals surface area contributed by atoms with E-state index in [4.69, 9.17) is 16.3 Å². The number of amides is 2. The van der Waals surface area contributed by atoms with Gasteiger partial charge in [-0.15, -0.1) is 0 Å². The largest absolute Gasteiger partial charge is 0.450 e. The summed E-state index contributed by atoms with van der Waals surface area (Å²) in [5, 5.41) is 12.8. The molecule has 0 radical (unpaired) electrons. The van der Waals surface area contributed by atoms with Crippen LogP contribution in [0.1, 0.15) is 17.3 Å². The summed E-state index contributed by atoms with van der Waals surface area (Å²) < 4.78 is 4.81. The van der Waals surface area contributed by atoms with Crippen LogP contribution in [-0.2, 0) is 4.74 Å². The summed E-state index contributed by atoms with van der Waals surface area (Å²) in [5.41, 5.74) is 2.96. The summed E-state index contributed by atoms with van der Waals surface area (Å²) in [6, 6.07) is 13.8. The highest BCUT2D eigenvalue weighted by Crippen LogP contribution is 2.24. The summed E-state index contributed by atoms with van der Waals surface area (Å²) >= 11 is 5.91. The molecule has 27 heavy (non-hydrogen) atoms. The standard InChI is InChI=1S/C19H17ClN4O3/c1-2-27-19(26)23-15-9-7-14(8-10-15)22-18(25)16-11-21-24-17(16)12-3-5-13(20)6-4-12/h3-11H,2H2,1H3,(H,21,24)(H,22,25)(H,23,26). The summed E-state index contributed by atoms with van der Waals surface area (Å²) in [4.78, 5) is 24.0. The predicted molar refractivity (Wildman–Crippen MR) is 104 cm³/mol. The van der Waals surface area contributed by atoms with Crippen LogP contribution in [0, 0.1) is 0 Å². The van der Waals surface area contributed by atoms with E-state index in [-0.39, 0.29) is 5.91 Å². The lowest BCUT2D eigenvalue weighted by atomic mass is 10.1. The number of aromatic amines is 1. The Hall–Kier alpha value is -3.32. The van der Waals surface area contributed by atoms with Crippen molar-refractivity contribution in [1.82, 2.24) is 10.2 Å². The van der Waals surface area contributed by atoms with E-state index in [0.717, 1.165) is 5.56 Å². The first-order chi connectivity index (χ1) is 13.1. The number of carbonyl (C=O) groups excluding carboxylic acids is 2. The molecule has 1 heterocycles. The first-order valence-electron chi connectivity index (χ1n) is 8.21. The minimum Gasteiger partial charge on any atom is -0.450 e. The van der Waals surface area contributed by atoms with Gasteiger partial charge in [0.25, 0.3) is 5.91 Å². The van der Waals surface area contributed by atoms with E-state index in [2.05, 4.69) is 20.8 Å². The Morgan fingerprint density at radius 3 is 2.30 bits per heavy atom. The van der Waals surface area contributed by atoms with Gasteiger partial charge in [-0.3, -0.25) is 15.2 Å². The Morgan fingerprint density at radius 2 is 1.67 bits per heavy atom. The number of nitrogens with one attached hydrogen (secondary N) is 3. The summed E-state index contributed by atoms with van der Waals surface area (Å²) in [6.45, 7) is 2.02. The van der Waals surface area contributed by atoms with Crippen LogP contribution >= 0.6 is 11.6 Å². The van der Waals surface area contributed by atoms with Gasteiger partial charge in [-0.1, -0.05) is 23.7 Å². The maximum atomic E-state index is 12.6. The van der Waals surface area contributed by atoms with Crippen LogP contribution in [-0.4, -0.2) is 28.8 Å². The second-order valence-electron chi connectivity index (χ2n) is 5.54. The summed E-state index contributed by atoms with van der Waals surface area (Å²) in [6.07, 6.45) is 0.941. The molecule has 3 aromatic rings. The van der Waals surface area contributed by atoms with Gasteiger partial charge in [0.05, 0.1) is 24.1 Å². The van der Waals surface area contributed by atoms with E-state index in [1.165, 1.54) is 6.20 Å². The van der Waals surface area contributed by atoms with Gasteiger partial charge in [-0.25, -0.2) is 4.79 Å². The third-order valence-electron chi connectivity index (χ3n) is 3.68. The minimum atomic E-state index is -0.528.